The fourth-order valence-corrected chi connectivity index (χ4v) is 2.15. The summed E-state index contributed by atoms with van der Waals surface area (Å²) in [6, 6.07) is 2.14. The van der Waals surface area contributed by atoms with E-state index in [4.69, 9.17) is 4.74 Å². The molecule has 0 bridgehead atoms. The topological polar surface area (TPSA) is 32.7 Å². The first-order valence-corrected chi connectivity index (χ1v) is 6.03. The SMILES string of the molecule is COCC(O)CN(C)CCc1ccsc1. The van der Waals surface area contributed by atoms with E-state index in [1.807, 2.05) is 7.05 Å². The standard InChI is InChI=1S/C11H19NO2S/c1-12(7-11(13)8-14-2)5-3-10-4-6-15-9-10/h4,6,9,11,13H,3,5,7-8H2,1-2H3. The second-order valence-electron chi connectivity index (χ2n) is 3.75. The van der Waals surface area contributed by atoms with Crippen molar-refractivity contribution in [1.82, 2.24) is 4.90 Å². The quantitative estimate of drug-likeness (QED) is 0.763. The van der Waals surface area contributed by atoms with Crippen LogP contribution in [0.15, 0.2) is 16.8 Å². The summed E-state index contributed by atoms with van der Waals surface area (Å²) in [6.45, 7) is 2.04. The van der Waals surface area contributed by atoms with Crippen LogP contribution >= 0.6 is 11.3 Å². The average Bonchev–Trinajstić information content (AvgIpc) is 2.67. The highest BCUT2D eigenvalue weighted by Gasteiger charge is 2.07. The Morgan fingerprint density at radius 2 is 2.40 bits per heavy atom. The number of hydrogen-bond donors (Lipinski definition) is 1. The molecule has 0 fully saturated rings. The molecular formula is C11H19NO2S. The molecule has 86 valence electrons. The number of thiophene rings is 1. The number of likely N-dealkylation sites (N-methyl/N-ethyl adjacent to an activating group) is 1. The number of hydrogen-bond acceptors (Lipinski definition) is 4. The maximum atomic E-state index is 9.51. The van der Waals surface area contributed by atoms with Crippen molar-refractivity contribution in [3.63, 3.8) is 0 Å². The van der Waals surface area contributed by atoms with Crippen molar-refractivity contribution in [3.05, 3.63) is 22.4 Å². The van der Waals surface area contributed by atoms with Gasteiger partial charge in [0.05, 0.1) is 12.7 Å². The van der Waals surface area contributed by atoms with Gasteiger partial charge in [0.1, 0.15) is 0 Å². The molecule has 0 aromatic carbocycles. The number of rotatable bonds is 7. The van der Waals surface area contributed by atoms with E-state index in [1.54, 1.807) is 18.4 Å². The summed E-state index contributed by atoms with van der Waals surface area (Å²) in [5.41, 5.74) is 1.37. The highest BCUT2D eigenvalue weighted by atomic mass is 32.1. The Morgan fingerprint density at radius 1 is 1.60 bits per heavy atom. The van der Waals surface area contributed by atoms with E-state index in [-0.39, 0.29) is 6.10 Å². The molecule has 0 spiro atoms. The van der Waals surface area contributed by atoms with E-state index < -0.39 is 0 Å². The van der Waals surface area contributed by atoms with E-state index >= 15 is 0 Å². The molecule has 4 heteroatoms. The number of aliphatic hydroxyl groups is 1. The molecular weight excluding hydrogens is 210 g/mol. The van der Waals surface area contributed by atoms with Gasteiger partial charge in [-0.05, 0) is 35.9 Å². The van der Waals surface area contributed by atoms with E-state index in [0.29, 0.717) is 13.2 Å². The Bertz CT molecular complexity index is 251. The summed E-state index contributed by atoms with van der Waals surface area (Å²) in [7, 11) is 3.62. The summed E-state index contributed by atoms with van der Waals surface area (Å²) in [6.07, 6.45) is 0.655. The first-order chi connectivity index (χ1) is 7.22. The molecule has 0 saturated heterocycles. The fourth-order valence-electron chi connectivity index (χ4n) is 1.45. The molecule has 0 amide bonds. The second kappa shape index (κ2) is 6.95. The van der Waals surface area contributed by atoms with Gasteiger partial charge in [0.15, 0.2) is 0 Å². The predicted molar refractivity (Wildman–Crippen MR) is 63.4 cm³/mol. The molecule has 0 aliphatic carbocycles. The third kappa shape index (κ3) is 5.28. The van der Waals surface area contributed by atoms with Gasteiger partial charge in [-0.15, -0.1) is 0 Å². The van der Waals surface area contributed by atoms with Crippen molar-refractivity contribution in [2.24, 2.45) is 0 Å². The van der Waals surface area contributed by atoms with Crippen LogP contribution in [0.4, 0.5) is 0 Å². The van der Waals surface area contributed by atoms with Gasteiger partial charge in [0.2, 0.25) is 0 Å². The van der Waals surface area contributed by atoms with Gasteiger partial charge in [0.25, 0.3) is 0 Å². The van der Waals surface area contributed by atoms with E-state index in [1.165, 1.54) is 5.56 Å². The third-order valence-electron chi connectivity index (χ3n) is 2.24. The lowest BCUT2D eigenvalue weighted by atomic mass is 10.2. The van der Waals surface area contributed by atoms with Crippen molar-refractivity contribution >= 4 is 11.3 Å². The van der Waals surface area contributed by atoms with Crippen LogP contribution in [0.2, 0.25) is 0 Å². The Hall–Kier alpha value is -0.420. The molecule has 0 aliphatic rings. The van der Waals surface area contributed by atoms with Crippen molar-refractivity contribution in [3.8, 4) is 0 Å². The number of aliphatic hydroxyl groups excluding tert-OH is 1. The van der Waals surface area contributed by atoms with Gasteiger partial charge in [-0.25, -0.2) is 0 Å². The summed E-state index contributed by atoms with van der Waals surface area (Å²) in [4.78, 5) is 2.13. The minimum atomic E-state index is -0.387. The summed E-state index contributed by atoms with van der Waals surface area (Å²) in [5, 5.41) is 13.8. The van der Waals surface area contributed by atoms with Gasteiger partial charge in [-0.2, -0.15) is 11.3 Å². The molecule has 0 radical (unpaired) electrons. The normalized spacial score (nSPS) is 13.3. The summed E-state index contributed by atoms with van der Waals surface area (Å²) >= 11 is 1.73. The molecule has 0 aliphatic heterocycles. The molecule has 1 aromatic rings. The van der Waals surface area contributed by atoms with Crippen LogP contribution in [0.25, 0.3) is 0 Å². The lowest BCUT2D eigenvalue weighted by Crippen LogP contribution is -2.33. The molecule has 1 heterocycles. The lowest BCUT2D eigenvalue weighted by Gasteiger charge is -2.19. The van der Waals surface area contributed by atoms with Crippen LogP contribution in [0.3, 0.4) is 0 Å². The molecule has 1 N–H and O–H groups in total. The Kier molecular flexibility index (Phi) is 5.86. The molecule has 0 saturated carbocycles. The molecule has 3 nitrogen and oxygen atoms in total. The Balaban J connectivity index is 2.15. The first-order valence-electron chi connectivity index (χ1n) is 5.09. The van der Waals surface area contributed by atoms with E-state index in [0.717, 1.165) is 13.0 Å². The number of ether oxygens (including phenoxy) is 1. The zero-order chi connectivity index (χ0) is 11.1. The van der Waals surface area contributed by atoms with Crippen molar-refractivity contribution in [2.75, 3.05) is 33.9 Å². The average molecular weight is 229 g/mol. The third-order valence-corrected chi connectivity index (χ3v) is 2.98. The summed E-state index contributed by atoms with van der Waals surface area (Å²) in [5.74, 6) is 0. The largest absolute Gasteiger partial charge is 0.389 e. The van der Waals surface area contributed by atoms with Crippen LogP contribution in [-0.2, 0) is 11.2 Å². The van der Waals surface area contributed by atoms with Gasteiger partial charge in [-0.3, -0.25) is 0 Å². The van der Waals surface area contributed by atoms with Crippen LogP contribution in [0.5, 0.6) is 0 Å². The molecule has 1 atom stereocenters. The van der Waals surface area contributed by atoms with Crippen LogP contribution in [0, 0.1) is 0 Å². The lowest BCUT2D eigenvalue weighted by molar-refractivity contribution is 0.0435. The van der Waals surface area contributed by atoms with Crippen LogP contribution in [-0.4, -0.2) is 50.0 Å². The summed E-state index contributed by atoms with van der Waals surface area (Å²) < 4.78 is 4.88. The maximum Gasteiger partial charge on any atom is 0.0899 e. The second-order valence-corrected chi connectivity index (χ2v) is 4.53. The van der Waals surface area contributed by atoms with Gasteiger partial charge in [-0.1, -0.05) is 0 Å². The monoisotopic (exact) mass is 229 g/mol. The smallest absolute Gasteiger partial charge is 0.0899 e. The Labute approximate surface area is 95.3 Å². The highest BCUT2D eigenvalue weighted by molar-refractivity contribution is 7.07. The van der Waals surface area contributed by atoms with Crippen molar-refractivity contribution in [2.45, 2.75) is 12.5 Å². The zero-order valence-corrected chi connectivity index (χ0v) is 10.2. The first kappa shape index (κ1) is 12.6. The minimum absolute atomic E-state index is 0.387. The highest BCUT2D eigenvalue weighted by Crippen LogP contribution is 2.07. The molecule has 1 unspecified atom stereocenters. The minimum Gasteiger partial charge on any atom is -0.389 e. The maximum absolute atomic E-state index is 9.51. The van der Waals surface area contributed by atoms with E-state index in [2.05, 4.69) is 21.7 Å². The van der Waals surface area contributed by atoms with Crippen molar-refractivity contribution < 1.29 is 9.84 Å². The fraction of sp³-hybridized carbons (Fsp3) is 0.636. The zero-order valence-electron chi connectivity index (χ0n) is 9.35. The number of methoxy groups -OCH3 is 1. The van der Waals surface area contributed by atoms with Crippen LogP contribution in [0.1, 0.15) is 5.56 Å². The molecule has 15 heavy (non-hydrogen) atoms. The van der Waals surface area contributed by atoms with Gasteiger partial charge in [0, 0.05) is 20.2 Å². The van der Waals surface area contributed by atoms with E-state index in [9.17, 15) is 5.11 Å². The Morgan fingerprint density at radius 3 is 3.00 bits per heavy atom. The van der Waals surface area contributed by atoms with Crippen molar-refractivity contribution in [1.29, 1.82) is 0 Å². The predicted octanol–water partition coefficient (Wildman–Crippen LogP) is 1.23. The van der Waals surface area contributed by atoms with Gasteiger partial charge < -0.3 is 14.7 Å². The van der Waals surface area contributed by atoms with Crippen LogP contribution < -0.4 is 0 Å². The molecule has 1 rings (SSSR count). The number of nitrogens with zero attached hydrogens (tertiary/aromatic N) is 1. The molecule has 1 aromatic heterocycles. The van der Waals surface area contributed by atoms with Gasteiger partial charge >= 0.3 is 0 Å².